The monoisotopic (exact) mass is 448 g/mol. The van der Waals surface area contributed by atoms with Crippen LogP contribution in [0.25, 0.3) is 11.1 Å². The first-order chi connectivity index (χ1) is 15.8. The summed E-state index contributed by atoms with van der Waals surface area (Å²) in [6, 6.07) is 14.9. The molecule has 0 spiro atoms. The zero-order valence-electron chi connectivity index (χ0n) is 19.1. The minimum absolute atomic E-state index is 0.0291. The Morgan fingerprint density at radius 2 is 1.85 bits per heavy atom. The molecule has 2 heterocycles. The van der Waals surface area contributed by atoms with Gasteiger partial charge in [0.25, 0.3) is 5.91 Å². The van der Waals surface area contributed by atoms with Gasteiger partial charge in [-0.2, -0.15) is 0 Å². The molecule has 1 aliphatic heterocycles. The number of ether oxygens (including phenoxy) is 1. The number of carbonyl (C=O) groups is 1. The van der Waals surface area contributed by atoms with E-state index < -0.39 is 0 Å². The zero-order valence-corrected chi connectivity index (χ0v) is 19.1. The molecule has 3 aromatic rings. The van der Waals surface area contributed by atoms with Crippen LogP contribution in [0.15, 0.2) is 54.7 Å². The minimum atomic E-state index is -0.284. The summed E-state index contributed by atoms with van der Waals surface area (Å²) in [6.45, 7) is 7.31. The molecule has 3 N–H and O–H groups in total. The molecular formula is C26H29FN4O2. The van der Waals surface area contributed by atoms with Crippen LogP contribution in [0.2, 0.25) is 0 Å². The molecule has 7 heteroatoms. The smallest absolute Gasteiger partial charge is 0.253 e. The zero-order chi connectivity index (χ0) is 23.5. The predicted octanol–water partition coefficient (Wildman–Crippen LogP) is 4.18. The fourth-order valence-electron chi connectivity index (χ4n) is 4.18. The summed E-state index contributed by atoms with van der Waals surface area (Å²) in [6.07, 6.45) is 1.66. The average Bonchev–Trinajstić information content (AvgIpc) is 2.80. The van der Waals surface area contributed by atoms with E-state index in [-0.39, 0.29) is 36.2 Å². The Labute approximate surface area is 193 Å². The molecule has 1 saturated heterocycles. The predicted molar refractivity (Wildman–Crippen MR) is 128 cm³/mol. The van der Waals surface area contributed by atoms with Crippen molar-refractivity contribution in [3.63, 3.8) is 0 Å². The number of hydrogen-bond acceptors (Lipinski definition) is 5. The van der Waals surface area contributed by atoms with E-state index in [0.717, 1.165) is 11.1 Å². The van der Waals surface area contributed by atoms with Crippen LogP contribution in [0.3, 0.4) is 0 Å². The highest BCUT2D eigenvalue weighted by atomic mass is 19.1. The third-order valence-corrected chi connectivity index (χ3v) is 5.85. The van der Waals surface area contributed by atoms with E-state index in [2.05, 4.69) is 24.1 Å². The Kier molecular flexibility index (Phi) is 6.60. The molecule has 1 aliphatic rings. The lowest BCUT2D eigenvalue weighted by Gasteiger charge is -2.36. The van der Waals surface area contributed by atoms with Gasteiger partial charge < -0.3 is 20.7 Å². The molecule has 2 unspecified atom stereocenters. The number of nitrogens with one attached hydrogen (secondary N) is 1. The van der Waals surface area contributed by atoms with Crippen LogP contribution in [-0.2, 0) is 6.61 Å². The van der Waals surface area contributed by atoms with Crippen molar-refractivity contribution in [3.8, 4) is 16.9 Å². The number of hydrogen-bond donors (Lipinski definition) is 2. The summed E-state index contributed by atoms with van der Waals surface area (Å²) in [5.74, 6) is 0.369. The number of nitrogens with two attached hydrogens (primary N) is 1. The third kappa shape index (κ3) is 5.14. The van der Waals surface area contributed by atoms with Gasteiger partial charge in [-0.1, -0.05) is 30.3 Å². The first-order valence-corrected chi connectivity index (χ1v) is 11.1. The number of pyridine rings is 1. The van der Waals surface area contributed by atoms with Gasteiger partial charge in [-0.15, -0.1) is 0 Å². The van der Waals surface area contributed by atoms with Gasteiger partial charge in [0.2, 0.25) is 0 Å². The summed E-state index contributed by atoms with van der Waals surface area (Å²) in [7, 11) is 0. The van der Waals surface area contributed by atoms with Crippen molar-refractivity contribution in [2.45, 2.75) is 39.5 Å². The Hall–Kier alpha value is -3.45. The van der Waals surface area contributed by atoms with Crippen LogP contribution in [0.4, 0.5) is 10.2 Å². The van der Waals surface area contributed by atoms with Crippen LogP contribution in [-0.4, -0.2) is 41.0 Å². The Bertz CT molecular complexity index is 1140. The van der Waals surface area contributed by atoms with E-state index in [1.165, 1.54) is 0 Å². The van der Waals surface area contributed by atoms with Crippen molar-refractivity contribution in [2.24, 2.45) is 0 Å². The number of nitrogen functional groups attached to an aromatic ring is 1. The highest BCUT2D eigenvalue weighted by Crippen LogP contribution is 2.28. The molecule has 0 aliphatic carbocycles. The summed E-state index contributed by atoms with van der Waals surface area (Å²) in [5.41, 5.74) is 9.33. The first kappa shape index (κ1) is 22.7. The molecule has 0 bridgehead atoms. The standard InChI is InChI=1S/C26H29FN4O2/c1-16-5-4-6-21(24(16)27)15-33-23-11-22(12-29-25(23)28)19-7-9-20(10-8-19)26(32)31-13-17(2)30-18(3)14-31/h4-12,17-18,30H,13-15H2,1-3H3,(H2,28,29). The molecule has 0 saturated carbocycles. The molecule has 0 radical (unpaired) electrons. The van der Waals surface area contributed by atoms with E-state index in [0.29, 0.717) is 35.5 Å². The van der Waals surface area contributed by atoms with E-state index >= 15 is 0 Å². The molecule has 2 atom stereocenters. The largest absolute Gasteiger partial charge is 0.485 e. The highest BCUT2D eigenvalue weighted by Gasteiger charge is 2.25. The average molecular weight is 449 g/mol. The van der Waals surface area contributed by atoms with Gasteiger partial charge in [0.15, 0.2) is 11.6 Å². The molecule has 1 amide bonds. The normalized spacial score (nSPS) is 18.2. The van der Waals surface area contributed by atoms with Crippen LogP contribution in [0.1, 0.15) is 35.3 Å². The molecular weight excluding hydrogens is 419 g/mol. The van der Waals surface area contributed by atoms with Crippen molar-refractivity contribution in [1.29, 1.82) is 0 Å². The Balaban J connectivity index is 1.49. The third-order valence-electron chi connectivity index (χ3n) is 5.85. The van der Waals surface area contributed by atoms with Crippen molar-refractivity contribution >= 4 is 11.7 Å². The summed E-state index contributed by atoms with van der Waals surface area (Å²) in [4.78, 5) is 19.1. The molecule has 4 rings (SSSR count). The second kappa shape index (κ2) is 9.58. The number of anilines is 1. The van der Waals surface area contributed by atoms with Crippen molar-refractivity contribution in [3.05, 3.63) is 77.2 Å². The molecule has 33 heavy (non-hydrogen) atoms. The maximum absolute atomic E-state index is 14.3. The number of aromatic nitrogens is 1. The topological polar surface area (TPSA) is 80.5 Å². The number of piperazine rings is 1. The van der Waals surface area contributed by atoms with Crippen LogP contribution in [0.5, 0.6) is 5.75 Å². The maximum Gasteiger partial charge on any atom is 0.253 e. The lowest BCUT2D eigenvalue weighted by molar-refractivity contribution is 0.0674. The van der Waals surface area contributed by atoms with Gasteiger partial charge in [0.1, 0.15) is 12.4 Å². The fourth-order valence-corrected chi connectivity index (χ4v) is 4.18. The SMILES string of the molecule is Cc1cccc(COc2cc(-c3ccc(C(=O)N4CC(C)NC(C)C4)cc3)cnc2N)c1F. The van der Waals surface area contributed by atoms with Crippen molar-refractivity contribution in [1.82, 2.24) is 15.2 Å². The van der Waals surface area contributed by atoms with Gasteiger partial charge in [-0.25, -0.2) is 9.37 Å². The van der Waals surface area contributed by atoms with Gasteiger partial charge in [0, 0.05) is 48.1 Å². The van der Waals surface area contributed by atoms with Crippen molar-refractivity contribution in [2.75, 3.05) is 18.8 Å². The minimum Gasteiger partial charge on any atom is -0.485 e. The van der Waals surface area contributed by atoms with Crippen LogP contribution < -0.4 is 15.8 Å². The van der Waals surface area contributed by atoms with E-state index in [1.54, 1.807) is 37.4 Å². The summed E-state index contributed by atoms with van der Waals surface area (Å²) >= 11 is 0. The van der Waals surface area contributed by atoms with Gasteiger partial charge in [-0.3, -0.25) is 4.79 Å². The van der Waals surface area contributed by atoms with Gasteiger partial charge >= 0.3 is 0 Å². The van der Waals surface area contributed by atoms with Crippen LogP contribution in [0, 0.1) is 12.7 Å². The van der Waals surface area contributed by atoms with Gasteiger partial charge in [-0.05, 0) is 50.1 Å². The quantitative estimate of drug-likeness (QED) is 0.612. The summed E-state index contributed by atoms with van der Waals surface area (Å²) < 4.78 is 20.1. The fraction of sp³-hybridized carbons (Fsp3) is 0.308. The number of rotatable bonds is 5. The Morgan fingerprint density at radius 1 is 1.15 bits per heavy atom. The molecule has 1 aromatic heterocycles. The van der Waals surface area contributed by atoms with Crippen molar-refractivity contribution < 1.29 is 13.9 Å². The number of benzene rings is 2. The number of halogens is 1. The Morgan fingerprint density at radius 3 is 2.55 bits per heavy atom. The maximum atomic E-state index is 14.3. The number of carbonyl (C=O) groups excluding carboxylic acids is 1. The number of amides is 1. The molecule has 2 aromatic carbocycles. The first-order valence-electron chi connectivity index (χ1n) is 11.1. The lowest BCUT2D eigenvalue weighted by atomic mass is 10.0. The molecule has 172 valence electrons. The lowest BCUT2D eigenvalue weighted by Crippen LogP contribution is -2.55. The van der Waals surface area contributed by atoms with Crippen LogP contribution >= 0.6 is 0 Å². The second-order valence-electron chi connectivity index (χ2n) is 8.70. The number of aryl methyl sites for hydroxylation is 1. The number of nitrogens with zero attached hydrogens (tertiary/aromatic N) is 2. The summed E-state index contributed by atoms with van der Waals surface area (Å²) in [5, 5.41) is 3.44. The second-order valence-corrected chi connectivity index (χ2v) is 8.70. The molecule has 6 nitrogen and oxygen atoms in total. The van der Waals surface area contributed by atoms with E-state index in [4.69, 9.17) is 10.5 Å². The van der Waals surface area contributed by atoms with Gasteiger partial charge in [0.05, 0.1) is 0 Å². The van der Waals surface area contributed by atoms with E-state index in [9.17, 15) is 9.18 Å². The highest BCUT2D eigenvalue weighted by molar-refractivity contribution is 5.95. The molecule has 1 fully saturated rings. The van der Waals surface area contributed by atoms with E-state index in [1.807, 2.05) is 29.2 Å².